The molecule has 4 rings (SSSR count). The van der Waals surface area contributed by atoms with Crippen molar-refractivity contribution >= 4 is 46.1 Å². The number of unbranched alkanes of at least 4 members (excludes halogenated alkanes) is 1. The Morgan fingerprint density at radius 1 is 1.10 bits per heavy atom. The van der Waals surface area contributed by atoms with E-state index < -0.39 is 0 Å². The summed E-state index contributed by atoms with van der Waals surface area (Å²) in [7, 11) is 1.64. The minimum absolute atomic E-state index is 0.129. The van der Waals surface area contributed by atoms with E-state index in [-0.39, 0.29) is 17.0 Å². The molecule has 0 saturated carbocycles. The molecule has 1 amide bonds. The zero-order valence-electron chi connectivity index (χ0n) is 23.5. The molecule has 0 atom stereocenters. The SMILES string of the molecule is CCCCn1c(N2CCN(Cc3ccccc3)CC2)c(/C=C2\SC(=S)N(CCCOC)C2=O)c(C)c(C#N)c1=O. The first-order valence-corrected chi connectivity index (χ1v) is 15.0. The number of pyridine rings is 1. The van der Waals surface area contributed by atoms with Gasteiger partial charge in [-0.2, -0.15) is 5.26 Å². The Morgan fingerprint density at radius 2 is 1.82 bits per heavy atom. The number of anilines is 1. The fourth-order valence-electron chi connectivity index (χ4n) is 5.16. The summed E-state index contributed by atoms with van der Waals surface area (Å²) in [6.45, 7) is 9.49. The van der Waals surface area contributed by atoms with Crippen LogP contribution in [0.2, 0.25) is 0 Å². The average molecular weight is 580 g/mol. The van der Waals surface area contributed by atoms with Crippen LogP contribution in [0, 0.1) is 18.3 Å². The molecule has 0 bridgehead atoms. The lowest BCUT2D eigenvalue weighted by molar-refractivity contribution is -0.122. The van der Waals surface area contributed by atoms with Crippen LogP contribution in [-0.2, 0) is 22.6 Å². The number of nitrogens with zero attached hydrogens (tertiary/aromatic N) is 5. The van der Waals surface area contributed by atoms with Crippen LogP contribution in [0.1, 0.15) is 48.4 Å². The number of thiocarbonyl (C=S) groups is 1. The number of ether oxygens (including phenoxy) is 1. The number of benzene rings is 1. The van der Waals surface area contributed by atoms with Crippen molar-refractivity contribution < 1.29 is 9.53 Å². The first-order valence-electron chi connectivity index (χ1n) is 13.8. The minimum atomic E-state index is -0.264. The smallest absolute Gasteiger partial charge is 0.270 e. The van der Waals surface area contributed by atoms with Crippen molar-refractivity contribution in [1.29, 1.82) is 5.26 Å². The molecule has 2 fully saturated rings. The molecule has 2 aliphatic rings. The summed E-state index contributed by atoms with van der Waals surface area (Å²) >= 11 is 6.81. The Morgan fingerprint density at radius 3 is 2.48 bits per heavy atom. The second-order valence-corrected chi connectivity index (χ2v) is 11.8. The Hall–Kier alpha value is -2.97. The normalized spacial score (nSPS) is 17.2. The van der Waals surface area contributed by atoms with E-state index in [1.54, 1.807) is 16.6 Å². The monoisotopic (exact) mass is 579 g/mol. The lowest BCUT2D eigenvalue weighted by Gasteiger charge is -2.38. The van der Waals surface area contributed by atoms with Gasteiger partial charge >= 0.3 is 0 Å². The summed E-state index contributed by atoms with van der Waals surface area (Å²) in [5.41, 5.74) is 2.50. The molecule has 40 heavy (non-hydrogen) atoms. The van der Waals surface area contributed by atoms with Crippen molar-refractivity contribution in [3.63, 3.8) is 0 Å². The van der Waals surface area contributed by atoms with E-state index in [0.717, 1.165) is 56.9 Å². The molecule has 0 aliphatic carbocycles. The van der Waals surface area contributed by atoms with Crippen LogP contribution in [0.15, 0.2) is 40.0 Å². The van der Waals surface area contributed by atoms with E-state index in [1.807, 2.05) is 19.1 Å². The first-order chi connectivity index (χ1) is 19.4. The Labute approximate surface area is 246 Å². The maximum atomic E-state index is 13.6. The predicted octanol–water partition coefficient (Wildman–Crippen LogP) is 4.39. The highest BCUT2D eigenvalue weighted by Crippen LogP contribution is 2.36. The highest BCUT2D eigenvalue weighted by molar-refractivity contribution is 8.26. The molecule has 2 saturated heterocycles. The van der Waals surface area contributed by atoms with Gasteiger partial charge in [-0.05, 0) is 37.0 Å². The molecule has 0 radical (unpaired) electrons. The van der Waals surface area contributed by atoms with Gasteiger partial charge in [0.15, 0.2) is 0 Å². The third-order valence-corrected chi connectivity index (χ3v) is 8.76. The van der Waals surface area contributed by atoms with E-state index in [1.165, 1.54) is 17.3 Å². The molecule has 1 aromatic heterocycles. The highest BCUT2D eigenvalue weighted by atomic mass is 32.2. The highest BCUT2D eigenvalue weighted by Gasteiger charge is 2.33. The first kappa shape index (κ1) is 30.0. The summed E-state index contributed by atoms with van der Waals surface area (Å²) in [5, 5.41) is 9.95. The molecule has 0 spiro atoms. The Balaban J connectivity index is 1.71. The van der Waals surface area contributed by atoms with Gasteiger partial charge in [-0.15, -0.1) is 0 Å². The summed E-state index contributed by atoms with van der Waals surface area (Å²) in [5.74, 6) is 0.646. The van der Waals surface area contributed by atoms with Gasteiger partial charge in [-0.3, -0.25) is 24.0 Å². The second-order valence-electron chi connectivity index (χ2n) is 10.1. The molecule has 212 valence electrons. The largest absolute Gasteiger partial charge is 0.385 e. The number of amides is 1. The number of hydrogen-bond acceptors (Lipinski definition) is 8. The van der Waals surface area contributed by atoms with Gasteiger partial charge in [0.1, 0.15) is 21.8 Å². The number of carbonyl (C=O) groups is 1. The molecule has 2 aliphatic heterocycles. The summed E-state index contributed by atoms with van der Waals surface area (Å²) < 4.78 is 7.41. The van der Waals surface area contributed by atoms with Crippen LogP contribution in [0.5, 0.6) is 0 Å². The fraction of sp³-hybridized carbons (Fsp3) is 0.467. The predicted molar refractivity (Wildman–Crippen MR) is 165 cm³/mol. The average Bonchev–Trinajstić information content (AvgIpc) is 3.22. The van der Waals surface area contributed by atoms with Crippen LogP contribution >= 0.6 is 24.0 Å². The van der Waals surface area contributed by atoms with E-state index in [9.17, 15) is 14.9 Å². The van der Waals surface area contributed by atoms with E-state index >= 15 is 0 Å². The van der Waals surface area contributed by atoms with Gasteiger partial charge in [-0.1, -0.05) is 67.7 Å². The Kier molecular flexibility index (Phi) is 10.6. The topological polar surface area (TPSA) is 81.8 Å². The maximum absolute atomic E-state index is 13.6. The number of rotatable bonds is 11. The van der Waals surface area contributed by atoms with Gasteiger partial charge in [0.2, 0.25) is 0 Å². The number of hydrogen-bond donors (Lipinski definition) is 0. The molecule has 3 heterocycles. The lowest BCUT2D eigenvalue weighted by Crippen LogP contribution is -2.48. The van der Waals surface area contributed by atoms with Gasteiger partial charge < -0.3 is 9.64 Å². The van der Waals surface area contributed by atoms with Crippen molar-refractivity contribution in [1.82, 2.24) is 14.4 Å². The number of thioether (sulfide) groups is 1. The minimum Gasteiger partial charge on any atom is -0.385 e. The van der Waals surface area contributed by atoms with Crippen LogP contribution < -0.4 is 10.5 Å². The molecular formula is C30H37N5O3S2. The number of aromatic nitrogens is 1. The summed E-state index contributed by atoms with van der Waals surface area (Å²) in [4.78, 5) is 33.7. The number of nitriles is 1. The quantitative estimate of drug-likeness (QED) is 0.220. The molecule has 1 aromatic carbocycles. The fourth-order valence-corrected chi connectivity index (χ4v) is 6.45. The molecule has 2 aromatic rings. The van der Waals surface area contributed by atoms with Gasteiger partial charge in [-0.25, -0.2) is 0 Å². The van der Waals surface area contributed by atoms with E-state index in [0.29, 0.717) is 40.9 Å². The molecule has 10 heteroatoms. The third kappa shape index (κ3) is 6.66. The maximum Gasteiger partial charge on any atom is 0.270 e. The van der Waals surface area contributed by atoms with Crippen LogP contribution in [-0.4, -0.2) is 71.0 Å². The summed E-state index contributed by atoms with van der Waals surface area (Å²) in [6.07, 6.45) is 4.27. The van der Waals surface area contributed by atoms with Crippen molar-refractivity contribution in [2.45, 2.75) is 46.2 Å². The van der Waals surface area contributed by atoms with Gasteiger partial charge in [0.05, 0.1) is 4.91 Å². The van der Waals surface area contributed by atoms with E-state index in [4.69, 9.17) is 17.0 Å². The zero-order valence-corrected chi connectivity index (χ0v) is 25.2. The number of carbonyl (C=O) groups excluding carboxylic acids is 1. The van der Waals surface area contributed by atoms with Crippen LogP contribution in [0.3, 0.4) is 0 Å². The van der Waals surface area contributed by atoms with Crippen LogP contribution in [0.25, 0.3) is 6.08 Å². The van der Waals surface area contributed by atoms with Gasteiger partial charge in [0.25, 0.3) is 11.5 Å². The molecule has 0 unspecified atom stereocenters. The van der Waals surface area contributed by atoms with Crippen LogP contribution in [0.4, 0.5) is 5.82 Å². The van der Waals surface area contributed by atoms with E-state index in [2.05, 4.69) is 47.1 Å². The zero-order chi connectivity index (χ0) is 28.6. The molecular weight excluding hydrogens is 542 g/mol. The van der Waals surface area contributed by atoms with Gasteiger partial charge in [0, 0.05) is 65.1 Å². The van der Waals surface area contributed by atoms with Crippen molar-refractivity contribution in [3.8, 4) is 6.07 Å². The lowest BCUT2D eigenvalue weighted by atomic mass is 10.0. The molecule has 8 nitrogen and oxygen atoms in total. The second kappa shape index (κ2) is 14.1. The summed E-state index contributed by atoms with van der Waals surface area (Å²) in [6, 6.07) is 12.6. The van der Waals surface area contributed by atoms with Crippen molar-refractivity contribution in [3.05, 3.63) is 67.8 Å². The standard InChI is InChI=1S/C30H37N5O3S2/c1-4-5-12-34-27(33-16-14-32(15-17-33)21-23-10-7-6-8-11-23)24(22(2)25(20-31)28(34)36)19-26-29(37)35(30(39)40-26)13-9-18-38-3/h6-8,10-11,19H,4-5,9,12-18,21H2,1-3H3/b26-19-. The third-order valence-electron chi connectivity index (χ3n) is 7.38. The molecule has 0 N–H and O–H groups in total. The number of methoxy groups -OCH3 is 1. The van der Waals surface area contributed by atoms with Crippen molar-refractivity contribution in [2.24, 2.45) is 0 Å². The van der Waals surface area contributed by atoms with Crippen molar-refractivity contribution in [2.75, 3.05) is 51.3 Å². The number of piperazine rings is 1. The Bertz CT molecular complexity index is 1360.